The minimum absolute atomic E-state index is 0.0737. The first-order valence-corrected chi connectivity index (χ1v) is 9.13. The second-order valence-corrected chi connectivity index (χ2v) is 7.54. The Morgan fingerprint density at radius 2 is 1.88 bits per heavy atom. The number of carbonyl (C=O) groups excluding carboxylic acids is 2. The van der Waals surface area contributed by atoms with E-state index in [4.69, 9.17) is 21.1 Å². The van der Waals surface area contributed by atoms with Crippen LogP contribution in [-0.2, 0) is 11.3 Å². The Morgan fingerprint density at radius 1 is 1.12 bits per heavy atom. The molecule has 0 atom stereocenters. The Kier molecular flexibility index (Phi) is 5.60. The van der Waals surface area contributed by atoms with E-state index in [-0.39, 0.29) is 24.5 Å². The van der Waals surface area contributed by atoms with Crippen molar-refractivity contribution in [3.8, 4) is 11.5 Å². The molecule has 0 spiro atoms. The predicted molar refractivity (Wildman–Crippen MR) is 96.8 cm³/mol. The fraction of sp³-hybridized carbons (Fsp3) is 0.333. The molecule has 25 heavy (non-hydrogen) atoms. The number of nitrogens with zero attached hydrogens (tertiary/aromatic N) is 1. The highest BCUT2D eigenvalue weighted by Gasteiger charge is 2.17. The van der Waals surface area contributed by atoms with Gasteiger partial charge in [-0.3, -0.25) is 9.59 Å². The summed E-state index contributed by atoms with van der Waals surface area (Å²) in [6.07, 6.45) is 0.330. The first-order chi connectivity index (χ1) is 12.0. The van der Waals surface area contributed by atoms with Crippen LogP contribution in [-0.4, -0.2) is 36.9 Å². The van der Waals surface area contributed by atoms with E-state index < -0.39 is 0 Å². The number of thiophene rings is 1. The number of ketones is 1. The Morgan fingerprint density at radius 3 is 2.60 bits per heavy atom. The van der Waals surface area contributed by atoms with E-state index in [0.29, 0.717) is 41.2 Å². The highest BCUT2D eigenvalue weighted by atomic mass is 35.5. The number of fused-ring (bicyclic) bond motifs is 1. The molecule has 0 aliphatic carbocycles. The van der Waals surface area contributed by atoms with Gasteiger partial charge in [-0.25, -0.2) is 0 Å². The smallest absolute Gasteiger partial charge is 0.223 e. The average molecular weight is 380 g/mol. The third-order valence-corrected chi connectivity index (χ3v) is 5.09. The molecule has 1 aliphatic rings. The van der Waals surface area contributed by atoms with Gasteiger partial charge < -0.3 is 14.4 Å². The third kappa shape index (κ3) is 4.52. The predicted octanol–water partition coefficient (Wildman–Crippen LogP) is 3.79. The summed E-state index contributed by atoms with van der Waals surface area (Å²) in [5.41, 5.74) is 0.532. The number of Topliss-reactive ketones (excluding diaryl/α,β-unsaturated/α-hetero) is 1. The van der Waals surface area contributed by atoms with Crippen LogP contribution in [0.3, 0.4) is 0 Å². The number of ether oxygens (including phenoxy) is 2. The standard InChI is InChI=1S/C18H18ClNO4S/c1-20(11-13-3-6-17(19)25-13)18(22)7-4-14(21)12-2-5-15-16(10-12)24-9-8-23-15/h2-3,5-6,10H,4,7-9,11H2,1H3. The van der Waals surface area contributed by atoms with Gasteiger partial charge in [-0.2, -0.15) is 0 Å². The van der Waals surface area contributed by atoms with Crippen molar-refractivity contribution in [3.05, 3.63) is 45.1 Å². The quantitative estimate of drug-likeness (QED) is 0.716. The maximum Gasteiger partial charge on any atom is 0.223 e. The van der Waals surface area contributed by atoms with Gasteiger partial charge in [0.1, 0.15) is 13.2 Å². The van der Waals surface area contributed by atoms with E-state index in [1.54, 1.807) is 30.1 Å². The zero-order valence-corrected chi connectivity index (χ0v) is 15.4. The SMILES string of the molecule is CN(Cc1ccc(Cl)s1)C(=O)CCC(=O)c1ccc2c(c1)OCCO2. The largest absolute Gasteiger partial charge is 0.486 e. The second kappa shape index (κ2) is 7.89. The van der Waals surface area contributed by atoms with Gasteiger partial charge in [0, 0.05) is 30.3 Å². The molecule has 0 radical (unpaired) electrons. The molecule has 2 heterocycles. The van der Waals surface area contributed by atoms with Crippen LogP contribution >= 0.6 is 22.9 Å². The van der Waals surface area contributed by atoms with Crippen LogP contribution in [0.15, 0.2) is 30.3 Å². The number of rotatable bonds is 6. The lowest BCUT2D eigenvalue weighted by Gasteiger charge is -2.19. The molecule has 7 heteroatoms. The fourth-order valence-corrected chi connectivity index (χ4v) is 3.67. The van der Waals surface area contributed by atoms with Crippen molar-refractivity contribution >= 4 is 34.6 Å². The summed E-state index contributed by atoms with van der Waals surface area (Å²) in [5.74, 6) is 1.07. The molecule has 5 nitrogen and oxygen atoms in total. The number of amides is 1. The maximum atomic E-state index is 12.3. The number of carbonyl (C=O) groups is 2. The minimum atomic E-state index is -0.0853. The summed E-state index contributed by atoms with van der Waals surface area (Å²) < 4.78 is 11.6. The molecule has 0 unspecified atom stereocenters. The lowest BCUT2D eigenvalue weighted by atomic mass is 10.1. The van der Waals surface area contributed by atoms with Crippen LogP contribution in [0.2, 0.25) is 4.34 Å². The fourth-order valence-electron chi connectivity index (χ4n) is 2.53. The van der Waals surface area contributed by atoms with Gasteiger partial charge in [0.05, 0.1) is 10.9 Å². The number of hydrogen-bond acceptors (Lipinski definition) is 5. The molecule has 1 aromatic heterocycles. The lowest BCUT2D eigenvalue weighted by molar-refractivity contribution is -0.130. The second-order valence-electron chi connectivity index (χ2n) is 5.74. The highest BCUT2D eigenvalue weighted by Crippen LogP contribution is 2.31. The van der Waals surface area contributed by atoms with Crippen molar-refractivity contribution in [1.82, 2.24) is 4.90 Å². The van der Waals surface area contributed by atoms with Gasteiger partial charge in [-0.05, 0) is 30.3 Å². The lowest BCUT2D eigenvalue weighted by Crippen LogP contribution is -2.26. The summed E-state index contributed by atoms with van der Waals surface area (Å²) in [6, 6.07) is 8.83. The van der Waals surface area contributed by atoms with E-state index in [1.165, 1.54) is 11.3 Å². The van der Waals surface area contributed by atoms with Crippen molar-refractivity contribution in [2.45, 2.75) is 19.4 Å². The summed E-state index contributed by atoms with van der Waals surface area (Å²) in [7, 11) is 1.73. The molecule has 0 saturated heterocycles. The molecule has 0 bridgehead atoms. The normalized spacial score (nSPS) is 12.7. The van der Waals surface area contributed by atoms with Crippen LogP contribution in [0.1, 0.15) is 28.1 Å². The van der Waals surface area contributed by atoms with Crippen LogP contribution in [0.25, 0.3) is 0 Å². The van der Waals surface area contributed by atoms with Crippen LogP contribution in [0.5, 0.6) is 11.5 Å². The first kappa shape index (κ1) is 17.8. The third-order valence-electron chi connectivity index (χ3n) is 3.88. The summed E-state index contributed by atoms with van der Waals surface area (Å²) in [5, 5.41) is 0. The van der Waals surface area contributed by atoms with Gasteiger partial charge >= 0.3 is 0 Å². The van der Waals surface area contributed by atoms with Gasteiger partial charge in [0.15, 0.2) is 17.3 Å². The van der Waals surface area contributed by atoms with E-state index in [2.05, 4.69) is 0 Å². The van der Waals surface area contributed by atoms with E-state index in [0.717, 1.165) is 4.88 Å². The Balaban J connectivity index is 1.53. The number of halogens is 1. The molecule has 0 fully saturated rings. The Bertz CT molecular complexity index is 789. The topological polar surface area (TPSA) is 55.8 Å². The van der Waals surface area contributed by atoms with Gasteiger partial charge in [0.25, 0.3) is 0 Å². The molecular weight excluding hydrogens is 362 g/mol. The zero-order chi connectivity index (χ0) is 17.8. The maximum absolute atomic E-state index is 12.3. The first-order valence-electron chi connectivity index (χ1n) is 7.94. The van der Waals surface area contributed by atoms with Crippen molar-refractivity contribution in [2.24, 2.45) is 0 Å². The van der Waals surface area contributed by atoms with E-state index >= 15 is 0 Å². The van der Waals surface area contributed by atoms with Crippen molar-refractivity contribution in [1.29, 1.82) is 0 Å². The monoisotopic (exact) mass is 379 g/mol. The molecular formula is C18H18ClNO4S. The van der Waals surface area contributed by atoms with Gasteiger partial charge in [-0.1, -0.05) is 11.6 Å². The Labute approximate surface area is 155 Å². The van der Waals surface area contributed by atoms with Crippen molar-refractivity contribution < 1.29 is 19.1 Å². The summed E-state index contributed by atoms with van der Waals surface area (Å²) in [4.78, 5) is 27.2. The van der Waals surface area contributed by atoms with Crippen molar-refractivity contribution in [2.75, 3.05) is 20.3 Å². The Hall–Kier alpha value is -2.05. The molecule has 0 saturated carbocycles. The summed E-state index contributed by atoms with van der Waals surface area (Å²) in [6.45, 7) is 1.48. The average Bonchev–Trinajstić information content (AvgIpc) is 3.03. The molecule has 132 valence electrons. The van der Waals surface area contributed by atoms with Crippen molar-refractivity contribution in [3.63, 3.8) is 0 Å². The molecule has 1 amide bonds. The van der Waals surface area contributed by atoms with E-state index in [1.807, 2.05) is 12.1 Å². The number of benzene rings is 1. The van der Waals surface area contributed by atoms with Gasteiger partial charge in [-0.15, -0.1) is 11.3 Å². The number of hydrogen-bond donors (Lipinski definition) is 0. The molecule has 0 N–H and O–H groups in total. The van der Waals surface area contributed by atoms with Crippen LogP contribution in [0, 0.1) is 0 Å². The molecule has 1 aliphatic heterocycles. The minimum Gasteiger partial charge on any atom is -0.486 e. The molecule has 1 aromatic carbocycles. The van der Waals surface area contributed by atoms with Gasteiger partial charge in [0.2, 0.25) is 5.91 Å². The van der Waals surface area contributed by atoms with E-state index in [9.17, 15) is 9.59 Å². The summed E-state index contributed by atoms with van der Waals surface area (Å²) >= 11 is 7.34. The molecule has 3 rings (SSSR count). The zero-order valence-electron chi connectivity index (χ0n) is 13.8. The van der Waals surface area contributed by atoms with Crippen LogP contribution in [0.4, 0.5) is 0 Å². The molecule has 2 aromatic rings. The highest BCUT2D eigenvalue weighted by molar-refractivity contribution is 7.16. The van der Waals surface area contributed by atoms with Crippen LogP contribution < -0.4 is 9.47 Å².